The highest BCUT2D eigenvalue weighted by Gasteiger charge is 2.37. The number of rotatable bonds is 3. The first-order chi connectivity index (χ1) is 8.65. The molecule has 0 amide bonds. The minimum atomic E-state index is -0.389. The molecule has 96 valence electrons. The lowest BCUT2D eigenvalue weighted by Crippen LogP contribution is -2.01. The maximum atomic E-state index is 13.7. The van der Waals surface area contributed by atoms with Gasteiger partial charge in [-0.2, -0.15) is 0 Å². The smallest absolute Gasteiger partial charge is 0.167 e. The van der Waals surface area contributed by atoms with Crippen LogP contribution in [0, 0.1) is 11.7 Å². The fourth-order valence-corrected chi connectivity index (χ4v) is 2.62. The highest BCUT2D eigenvalue weighted by molar-refractivity contribution is 6.16. The van der Waals surface area contributed by atoms with Gasteiger partial charge in [-0.15, -0.1) is 11.6 Å². The molecule has 1 heterocycles. The second kappa shape index (κ2) is 4.12. The van der Waals surface area contributed by atoms with Crippen LogP contribution >= 0.6 is 11.6 Å². The Kier molecular flexibility index (Phi) is 2.70. The van der Waals surface area contributed by atoms with Gasteiger partial charge in [-0.05, 0) is 12.3 Å². The zero-order chi connectivity index (χ0) is 12.9. The molecule has 2 atom stereocenters. The third-order valence-electron chi connectivity index (χ3n) is 3.55. The summed E-state index contributed by atoms with van der Waals surface area (Å²) >= 11 is 5.93. The largest absolute Gasteiger partial charge is 0.494 e. The normalized spacial score (nSPS) is 22.4. The Hall–Kier alpha value is -1.29. The van der Waals surface area contributed by atoms with Crippen molar-refractivity contribution in [2.75, 3.05) is 7.11 Å². The molecule has 1 aromatic carbocycles. The Morgan fingerprint density at radius 1 is 1.56 bits per heavy atom. The molecule has 1 fully saturated rings. The number of ether oxygens (including phenoxy) is 1. The molecule has 1 saturated carbocycles. The molecule has 0 saturated heterocycles. The number of alkyl halides is 1. The summed E-state index contributed by atoms with van der Waals surface area (Å²) < 4.78 is 20.8. The Morgan fingerprint density at radius 2 is 2.28 bits per heavy atom. The van der Waals surface area contributed by atoms with E-state index in [1.807, 2.05) is 0 Å². The van der Waals surface area contributed by atoms with Gasteiger partial charge >= 0.3 is 0 Å². The number of hydrogen-bond donors (Lipinski definition) is 0. The van der Waals surface area contributed by atoms with Gasteiger partial charge in [0.25, 0.3) is 0 Å². The van der Waals surface area contributed by atoms with E-state index in [-0.39, 0.29) is 11.6 Å². The van der Waals surface area contributed by atoms with Crippen molar-refractivity contribution in [1.82, 2.24) is 9.55 Å². The quantitative estimate of drug-likeness (QED) is 0.797. The van der Waals surface area contributed by atoms with E-state index in [0.717, 1.165) is 17.8 Å². The van der Waals surface area contributed by atoms with Crippen LogP contribution in [0.25, 0.3) is 11.0 Å². The predicted octanol–water partition coefficient (Wildman–Crippen LogP) is 3.50. The lowest BCUT2D eigenvalue weighted by molar-refractivity contribution is 0.387. The summed E-state index contributed by atoms with van der Waals surface area (Å²) in [5.74, 6) is 1.62. The summed E-state index contributed by atoms with van der Waals surface area (Å²) in [6.45, 7) is 2.19. The Balaban J connectivity index is 2.24. The van der Waals surface area contributed by atoms with E-state index in [1.165, 1.54) is 13.2 Å². The van der Waals surface area contributed by atoms with Crippen LogP contribution in [0.15, 0.2) is 12.1 Å². The SMILES string of the molecule is COc1cc2c(cc1F)nc(CCl)n2C1CC1C. The lowest BCUT2D eigenvalue weighted by Gasteiger charge is -2.07. The first-order valence-corrected chi connectivity index (χ1v) is 6.49. The minimum absolute atomic E-state index is 0.248. The van der Waals surface area contributed by atoms with Crippen molar-refractivity contribution >= 4 is 22.6 Å². The van der Waals surface area contributed by atoms with E-state index in [9.17, 15) is 4.39 Å². The number of halogens is 2. The summed E-state index contributed by atoms with van der Waals surface area (Å²) in [4.78, 5) is 4.40. The number of methoxy groups -OCH3 is 1. The molecular formula is C13H14ClFN2O. The molecule has 2 unspecified atom stereocenters. The molecule has 3 nitrogen and oxygen atoms in total. The molecule has 5 heteroatoms. The van der Waals surface area contributed by atoms with Crippen molar-refractivity contribution in [3.63, 3.8) is 0 Å². The average molecular weight is 269 g/mol. The Bertz CT molecular complexity index is 611. The summed E-state index contributed by atoms with van der Waals surface area (Å²) in [5, 5.41) is 0. The van der Waals surface area contributed by atoms with Crippen LogP contribution in [-0.4, -0.2) is 16.7 Å². The summed E-state index contributed by atoms with van der Waals surface area (Å²) in [7, 11) is 1.47. The van der Waals surface area contributed by atoms with Crippen LogP contribution in [0.2, 0.25) is 0 Å². The van der Waals surface area contributed by atoms with Gasteiger partial charge in [-0.1, -0.05) is 6.92 Å². The number of aromatic nitrogens is 2. The molecular weight excluding hydrogens is 255 g/mol. The van der Waals surface area contributed by atoms with Gasteiger partial charge in [0.05, 0.1) is 24.0 Å². The highest BCUT2D eigenvalue weighted by Crippen LogP contribution is 2.45. The van der Waals surface area contributed by atoms with Crippen LogP contribution in [0.1, 0.15) is 25.2 Å². The maximum Gasteiger partial charge on any atom is 0.167 e. The van der Waals surface area contributed by atoms with Gasteiger partial charge in [-0.3, -0.25) is 0 Å². The second-order valence-corrected chi connectivity index (χ2v) is 5.05. The highest BCUT2D eigenvalue weighted by atomic mass is 35.5. The standard InChI is InChI=1S/C13H14ClFN2O/c1-7-3-10(7)17-11-5-12(18-2)8(15)4-9(11)16-13(17)6-14/h4-5,7,10H,3,6H2,1-2H3. The van der Waals surface area contributed by atoms with E-state index in [2.05, 4.69) is 16.5 Å². The number of hydrogen-bond acceptors (Lipinski definition) is 2. The number of benzene rings is 1. The fraction of sp³-hybridized carbons (Fsp3) is 0.462. The van der Waals surface area contributed by atoms with Gasteiger partial charge in [0.2, 0.25) is 0 Å². The average Bonchev–Trinajstić information content (AvgIpc) is 2.96. The van der Waals surface area contributed by atoms with E-state index in [1.54, 1.807) is 6.07 Å². The molecule has 3 rings (SSSR count). The van der Waals surface area contributed by atoms with Gasteiger partial charge in [0.1, 0.15) is 5.82 Å². The van der Waals surface area contributed by atoms with E-state index < -0.39 is 0 Å². The van der Waals surface area contributed by atoms with Gasteiger partial charge < -0.3 is 9.30 Å². The van der Waals surface area contributed by atoms with Crippen molar-refractivity contribution in [2.45, 2.75) is 25.3 Å². The van der Waals surface area contributed by atoms with Crippen LogP contribution in [0.3, 0.4) is 0 Å². The van der Waals surface area contributed by atoms with Crippen molar-refractivity contribution in [2.24, 2.45) is 5.92 Å². The van der Waals surface area contributed by atoms with E-state index >= 15 is 0 Å². The minimum Gasteiger partial charge on any atom is -0.494 e. The molecule has 0 spiro atoms. The molecule has 18 heavy (non-hydrogen) atoms. The molecule has 0 radical (unpaired) electrons. The van der Waals surface area contributed by atoms with Crippen molar-refractivity contribution in [1.29, 1.82) is 0 Å². The van der Waals surface area contributed by atoms with Gasteiger partial charge in [-0.25, -0.2) is 9.37 Å². The first kappa shape index (κ1) is 11.8. The Labute approximate surface area is 110 Å². The summed E-state index contributed by atoms with van der Waals surface area (Å²) in [6, 6.07) is 3.55. The predicted molar refractivity (Wildman–Crippen MR) is 68.6 cm³/mol. The molecule has 1 aromatic heterocycles. The van der Waals surface area contributed by atoms with E-state index in [0.29, 0.717) is 23.4 Å². The summed E-state index contributed by atoms with van der Waals surface area (Å²) in [5.41, 5.74) is 1.54. The second-order valence-electron chi connectivity index (χ2n) is 4.79. The molecule has 2 aromatic rings. The monoisotopic (exact) mass is 268 g/mol. The van der Waals surface area contributed by atoms with Gasteiger partial charge in [0.15, 0.2) is 11.6 Å². The molecule has 0 N–H and O–H groups in total. The topological polar surface area (TPSA) is 27.1 Å². The molecule has 0 aliphatic heterocycles. The summed E-state index contributed by atoms with van der Waals surface area (Å²) in [6.07, 6.45) is 1.12. The van der Waals surface area contributed by atoms with Crippen molar-refractivity contribution < 1.29 is 9.13 Å². The molecule has 0 bridgehead atoms. The third-order valence-corrected chi connectivity index (χ3v) is 3.79. The lowest BCUT2D eigenvalue weighted by atomic mass is 10.2. The molecule has 1 aliphatic rings. The Morgan fingerprint density at radius 3 is 2.83 bits per heavy atom. The first-order valence-electron chi connectivity index (χ1n) is 5.96. The zero-order valence-corrected chi connectivity index (χ0v) is 11.0. The van der Waals surface area contributed by atoms with Crippen molar-refractivity contribution in [3.8, 4) is 5.75 Å². The van der Waals surface area contributed by atoms with Gasteiger partial charge in [0, 0.05) is 18.2 Å². The third kappa shape index (κ3) is 1.67. The van der Waals surface area contributed by atoms with Crippen LogP contribution in [-0.2, 0) is 5.88 Å². The number of imidazole rings is 1. The number of fused-ring (bicyclic) bond motifs is 1. The fourth-order valence-electron chi connectivity index (χ4n) is 2.43. The van der Waals surface area contributed by atoms with Crippen molar-refractivity contribution in [3.05, 3.63) is 23.8 Å². The van der Waals surface area contributed by atoms with Crippen LogP contribution in [0.4, 0.5) is 4.39 Å². The molecule has 1 aliphatic carbocycles. The zero-order valence-electron chi connectivity index (χ0n) is 10.3. The maximum absolute atomic E-state index is 13.7. The van der Waals surface area contributed by atoms with E-state index in [4.69, 9.17) is 16.3 Å². The van der Waals surface area contributed by atoms with Crippen LogP contribution < -0.4 is 4.74 Å². The number of nitrogens with zero attached hydrogens (tertiary/aromatic N) is 2. The van der Waals surface area contributed by atoms with Crippen LogP contribution in [0.5, 0.6) is 5.75 Å².